The number of nitrogens with one attached hydrogen (secondary N) is 3. The molecular formula is C20H25F3N4O+2. The number of aryl methyl sites for hydroxylation is 1. The highest BCUT2D eigenvalue weighted by Gasteiger charge is 2.33. The van der Waals surface area contributed by atoms with Crippen LogP contribution < -0.4 is 20.1 Å². The van der Waals surface area contributed by atoms with Crippen LogP contribution in [0.15, 0.2) is 42.6 Å². The number of benzene rings is 1. The maximum atomic E-state index is 12.7. The predicted octanol–water partition coefficient (Wildman–Crippen LogP) is 1.43. The summed E-state index contributed by atoms with van der Waals surface area (Å²) < 4.78 is 38.0. The van der Waals surface area contributed by atoms with Gasteiger partial charge in [-0.2, -0.15) is 13.2 Å². The predicted molar refractivity (Wildman–Crippen MR) is 100 cm³/mol. The Labute approximate surface area is 162 Å². The summed E-state index contributed by atoms with van der Waals surface area (Å²) in [4.78, 5) is 18.2. The smallest absolute Gasteiger partial charge is 0.321 e. The van der Waals surface area contributed by atoms with Crippen LogP contribution in [-0.2, 0) is 17.4 Å². The number of aromatic nitrogens is 1. The van der Waals surface area contributed by atoms with Crippen LogP contribution in [0.5, 0.6) is 0 Å². The number of rotatable bonds is 5. The van der Waals surface area contributed by atoms with Gasteiger partial charge in [-0.15, -0.1) is 0 Å². The molecule has 3 N–H and O–H groups in total. The fourth-order valence-electron chi connectivity index (χ4n) is 3.33. The van der Waals surface area contributed by atoms with Crippen molar-refractivity contribution in [2.24, 2.45) is 0 Å². The number of quaternary nitrogens is 1. The molecule has 1 saturated heterocycles. The summed E-state index contributed by atoms with van der Waals surface area (Å²) in [6.07, 6.45) is -2.44. The lowest BCUT2D eigenvalue weighted by molar-refractivity contribution is -0.892. The lowest BCUT2D eigenvalue weighted by Crippen LogP contribution is -3.15. The molecule has 0 spiro atoms. The summed E-state index contributed by atoms with van der Waals surface area (Å²) >= 11 is 0. The van der Waals surface area contributed by atoms with Crippen molar-refractivity contribution in [3.05, 3.63) is 53.7 Å². The Balaban J connectivity index is 1.49. The van der Waals surface area contributed by atoms with Gasteiger partial charge in [0.1, 0.15) is 32.4 Å². The average molecular weight is 394 g/mol. The van der Waals surface area contributed by atoms with Gasteiger partial charge in [0, 0.05) is 11.8 Å². The Kier molecular flexibility index (Phi) is 6.18. The molecule has 5 nitrogen and oxygen atoms in total. The molecule has 1 aromatic carbocycles. The molecule has 0 radical (unpaired) electrons. The van der Waals surface area contributed by atoms with Crippen LogP contribution in [0.3, 0.4) is 0 Å². The van der Waals surface area contributed by atoms with Gasteiger partial charge in [-0.25, -0.2) is 4.98 Å². The summed E-state index contributed by atoms with van der Waals surface area (Å²) in [5.41, 5.74) is 1.29. The van der Waals surface area contributed by atoms with Crippen molar-refractivity contribution < 1.29 is 27.8 Å². The number of aromatic amines is 1. The number of carbonyl (C=O) groups excluding carboxylic acids is 1. The van der Waals surface area contributed by atoms with Crippen LogP contribution >= 0.6 is 0 Å². The molecule has 1 aliphatic rings. The zero-order chi connectivity index (χ0) is 20.1. The van der Waals surface area contributed by atoms with Gasteiger partial charge in [0.2, 0.25) is 0 Å². The SMILES string of the molecule is CCc1cccc(NC(=O)C[NH+]2CCN(c3ccc(C(F)(F)F)c[nH+]3)CC2)c1. The van der Waals surface area contributed by atoms with E-state index in [1.54, 1.807) is 0 Å². The van der Waals surface area contributed by atoms with E-state index >= 15 is 0 Å². The number of nitrogens with zero attached hydrogens (tertiary/aromatic N) is 1. The molecule has 0 atom stereocenters. The van der Waals surface area contributed by atoms with Crippen LogP contribution in [0.25, 0.3) is 0 Å². The van der Waals surface area contributed by atoms with Gasteiger partial charge in [-0.05, 0) is 30.2 Å². The van der Waals surface area contributed by atoms with Crippen molar-refractivity contribution in [2.75, 3.05) is 42.9 Å². The van der Waals surface area contributed by atoms with E-state index in [4.69, 9.17) is 0 Å². The molecule has 28 heavy (non-hydrogen) atoms. The minimum absolute atomic E-state index is 0.0298. The Morgan fingerprint density at radius 1 is 1.21 bits per heavy atom. The van der Waals surface area contributed by atoms with Crippen molar-refractivity contribution in [1.29, 1.82) is 0 Å². The van der Waals surface area contributed by atoms with Crippen molar-refractivity contribution in [3.63, 3.8) is 0 Å². The van der Waals surface area contributed by atoms with E-state index in [9.17, 15) is 18.0 Å². The number of hydrogen-bond acceptors (Lipinski definition) is 2. The fraction of sp³-hybridized carbons (Fsp3) is 0.400. The minimum Gasteiger partial charge on any atom is -0.321 e. The third kappa shape index (κ3) is 5.22. The number of amides is 1. The van der Waals surface area contributed by atoms with E-state index in [0.29, 0.717) is 25.5 Å². The van der Waals surface area contributed by atoms with Crippen molar-refractivity contribution in [2.45, 2.75) is 19.5 Å². The third-order valence-corrected chi connectivity index (χ3v) is 4.96. The topological polar surface area (TPSA) is 50.9 Å². The van der Waals surface area contributed by atoms with Gasteiger partial charge in [0.25, 0.3) is 11.7 Å². The molecule has 1 aliphatic heterocycles. The van der Waals surface area contributed by atoms with Gasteiger partial charge in [0.05, 0.1) is 5.56 Å². The average Bonchev–Trinajstić information content (AvgIpc) is 2.68. The van der Waals surface area contributed by atoms with Crippen LogP contribution in [0.1, 0.15) is 18.1 Å². The second kappa shape index (κ2) is 8.60. The number of H-pyrrole nitrogens is 1. The maximum Gasteiger partial charge on any atom is 0.419 e. The van der Waals surface area contributed by atoms with Crippen LogP contribution in [0.2, 0.25) is 0 Å². The second-order valence-electron chi connectivity index (χ2n) is 6.98. The summed E-state index contributed by atoms with van der Waals surface area (Å²) in [7, 11) is 0. The number of hydrogen-bond donors (Lipinski definition) is 2. The molecule has 0 unspecified atom stereocenters. The van der Waals surface area contributed by atoms with Gasteiger partial charge in [-0.1, -0.05) is 19.1 Å². The summed E-state index contributed by atoms with van der Waals surface area (Å²) in [6.45, 7) is 5.29. The molecule has 8 heteroatoms. The molecule has 150 valence electrons. The minimum atomic E-state index is -4.35. The van der Waals surface area contributed by atoms with E-state index in [1.165, 1.54) is 11.6 Å². The Bertz CT molecular complexity index is 800. The normalized spacial score (nSPS) is 15.5. The van der Waals surface area contributed by atoms with E-state index in [1.807, 2.05) is 29.2 Å². The molecule has 2 aromatic rings. The lowest BCUT2D eigenvalue weighted by atomic mass is 10.1. The molecule has 3 rings (SSSR count). The molecule has 0 saturated carbocycles. The summed E-state index contributed by atoms with van der Waals surface area (Å²) in [5, 5.41) is 2.94. The molecule has 2 heterocycles. The summed E-state index contributed by atoms with van der Waals surface area (Å²) in [5.74, 6) is 0.630. The molecule has 0 aliphatic carbocycles. The van der Waals surface area contributed by atoms with Crippen molar-refractivity contribution >= 4 is 17.4 Å². The number of pyridine rings is 1. The lowest BCUT2D eigenvalue weighted by Gasteiger charge is -2.28. The third-order valence-electron chi connectivity index (χ3n) is 4.96. The van der Waals surface area contributed by atoms with Crippen LogP contribution in [0, 0.1) is 0 Å². The standard InChI is InChI=1S/C20H23F3N4O/c1-2-15-4-3-5-17(12-15)25-19(28)14-26-8-10-27(11-9-26)18-7-6-16(13-24-18)20(21,22)23/h3-7,12-13H,2,8-11,14H2,1H3,(H,25,28)/p+2. The Hall–Kier alpha value is -2.61. The number of anilines is 2. The van der Waals surface area contributed by atoms with E-state index in [0.717, 1.165) is 42.4 Å². The van der Waals surface area contributed by atoms with Gasteiger partial charge in [-0.3, -0.25) is 9.69 Å². The fourth-order valence-corrected chi connectivity index (χ4v) is 3.33. The first-order chi connectivity index (χ1) is 13.3. The first kappa shape index (κ1) is 20.1. The highest BCUT2D eigenvalue weighted by Crippen LogP contribution is 2.28. The van der Waals surface area contributed by atoms with Gasteiger partial charge >= 0.3 is 6.18 Å². The first-order valence-electron chi connectivity index (χ1n) is 9.41. The van der Waals surface area contributed by atoms with Crippen molar-refractivity contribution in [1.82, 2.24) is 0 Å². The number of piperazine rings is 1. The summed E-state index contributed by atoms with van der Waals surface area (Å²) in [6, 6.07) is 10.4. The Morgan fingerprint density at radius 3 is 2.57 bits per heavy atom. The number of halogens is 3. The van der Waals surface area contributed by atoms with Gasteiger partial charge < -0.3 is 10.2 Å². The number of carbonyl (C=O) groups is 1. The van der Waals surface area contributed by atoms with Crippen LogP contribution in [0.4, 0.5) is 24.7 Å². The first-order valence-corrected chi connectivity index (χ1v) is 9.41. The maximum absolute atomic E-state index is 12.7. The molecule has 1 amide bonds. The zero-order valence-corrected chi connectivity index (χ0v) is 15.8. The largest absolute Gasteiger partial charge is 0.419 e. The van der Waals surface area contributed by atoms with E-state index < -0.39 is 11.7 Å². The zero-order valence-electron chi connectivity index (χ0n) is 15.8. The molecule has 0 bridgehead atoms. The van der Waals surface area contributed by atoms with Gasteiger partial charge in [0.15, 0.2) is 6.54 Å². The molecular weight excluding hydrogens is 369 g/mol. The van der Waals surface area contributed by atoms with E-state index in [-0.39, 0.29) is 5.91 Å². The number of alkyl halides is 3. The van der Waals surface area contributed by atoms with E-state index in [2.05, 4.69) is 17.2 Å². The highest BCUT2D eigenvalue weighted by molar-refractivity contribution is 5.91. The highest BCUT2D eigenvalue weighted by atomic mass is 19.4. The molecule has 1 fully saturated rings. The monoisotopic (exact) mass is 394 g/mol. The quantitative estimate of drug-likeness (QED) is 0.806. The second-order valence-corrected chi connectivity index (χ2v) is 6.98. The Morgan fingerprint density at radius 2 is 1.96 bits per heavy atom. The van der Waals surface area contributed by atoms with Crippen LogP contribution in [-0.4, -0.2) is 38.6 Å². The molecule has 1 aromatic heterocycles. The van der Waals surface area contributed by atoms with Crippen molar-refractivity contribution in [3.8, 4) is 0 Å².